The van der Waals surface area contributed by atoms with Crippen LogP contribution >= 0.6 is 11.3 Å². The summed E-state index contributed by atoms with van der Waals surface area (Å²) in [6.45, 7) is 5.69. The standard InChI is InChI=1S/C19H19N5S/c1-12(2)24-5-3-14-15(7-20)18(23)19(10-21,11-22)17(16(14)8-24)13-4-6-25-9-13/h3-4,6,9,12,16-17H,5,8,23H2,1-2H3. The first-order valence-corrected chi connectivity index (χ1v) is 9.13. The molecule has 6 heteroatoms. The van der Waals surface area contributed by atoms with Crippen LogP contribution in [0.3, 0.4) is 0 Å². The average molecular weight is 349 g/mol. The fourth-order valence-corrected chi connectivity index (χ4v) is 4.65. The highest BCUT2D eigenvalue weighted by molar-refractivity contribution is 7.08. The fraction of sp³-hybridized carbons (Fsp3) is 0.421. The van der Waals surface area contributed by atoms with E-state index in [0.29, 0.717) is 18.2 Å². The topological polar surface area (TPSA) is 101 Å². The van der Waals surface area contributed by atoms with Crippen molar-refractivity contribution in [1.29, 1.82) is 15.8 Å². The van der Waals surface area contributed by atoms with Gasteiger partial charge in [0.25, 0.3) is 0 Å². The lowest BCUT2D eigenvalue weighted by Gasteiger charge is -2.46. The molecular weight excluding hydrogens is 330 g/mol. The second-order valence-corrected chi connectivity index (χ2v) is 7.56. The number of hydrogen-bond acceptors (Lipinski definition) is 6. The zero-order valence-corrected chi connectivity index (χ0v) is 15.0. The van der Waals surface area contributed by atoms with Crippen molar-refractivity contribution in [2.75, 3.05) is 13.1 Å². The maximum absolute atomic E-state index is 9.93. The summed E-state index contributed by atoms with van der Waals surface area (Å²) in [6, 6.07) is 8.77. The molecule has 2 N–H and O–H groups in total. The third kappa shape index (κ3) is 2.45. The molecule has 1 aromatic rings. The molecule has 25 heavy (non-hydrogen) atoms. The zero-order valence-electron chi connectivity index (χ0n) is 14.2. The van der Waals surface area contributed by atoms with Crippen LogP contribution in [-0.4, -0.2) is 24.0 Å². The van der Waals surface area contributed by atoms with Gasteiger partial charge in [-0.2, -0.15) is 27.1 Å². The Balaban J connectivity index is 2.28. The second-order valence-electron chi connectivity index (χ2n) is 6.78. The molecule has 0 saturated heterocycles. The van der Waals surface area contributed by atoms with E-state index < -0.39 is 5.41 Å². The van der Waals surface area contributed by atoms with Gasteiger partial charge in [0, 0.05) is 31.0 Å². The molecule has 1 aliphatic heterocycles. The quantitative estimate of drug-likeness (QED) is 0.884. The Morgan fingerprint density at radius 2 is 2.04 bits per heavy atom. The summed E-state index contributed by atoms with van der Waals surface area (Å²) in [6.07, 6.45) is 2.04. The molecule has 0 bridgehead atoms. The van der Waals surface area contributed by atoms with Crippen LogP contribution in [-0.2, 0) is 0 Å². The van der Waals surface area contributed by atoms with E-state index in [4.69, 9.17) is 5.73 Å². The van der Waals surface area contributed by atoms with Gasteiger partial charge in [0.2, 0.25) is 0 Å². The van der Waals surface area contributed by atoms with Gasteiger partial charge in [-0.1, -0.05) is 6.08 Å². The van der Waals surface area contributed by atoms with Gasteiger partial charge < -0.3 is 5.73 Å². The van der Waals surface area contributed by atoms with Gasteiger partial charge in [-0.3, -0.25) is 4.90 Å². The van der Waals surface area contributed by atoms with E-state index in [9.17, 15) is 15.8 Å². The van der Waals surface area contributed by atoms with E-state index in [1.165, 1.54) is 11.3 Å². The van der Waals surface area contributed by atoms with Crippen LogP contribution in [0.4, 0.5) is 0 Å². The first kappa shape index (κ1) is 17.2. The normalized spacial score (nSPS) is 25.5. The zero-order chi connectivity index (χ0) is 18.2. The van der Waals surface area contributed by atoms with Crippen molar-refractivity contribution in [2.24, 2.45) is 17.1 Å². The molecule has 0 fully saturated rings. The van der Waals surface area contributed by atoms with Gasteiger partial charge in [0.1, 0.15) is 6.07 Å². The minimum Gasteiger partial charge on any atom is -0.399 e. The van der Waals surface area contributed by atoms with Crippen LogP contribution in [0.5, 0.6) is 0 Å². The van der Waals surface area contributed by atoms with Crippen LogP contribution in [0.25, 0.3) is 0 Å². The minimum atomic E-state index is -1.52. The summed E-state index contributed by atoms with van der Waals surface area (Å²) in [7, 11) is 0. The van der Waals surface area contributed by atoms with E-state index in [0.717, 1.165) is 17.7 Å². The lowest BCUT2D eigenvalue weighted by molar-refractivity contribution is 0.174. The number of fused-ring (bicyclic) bond motifs is 1. The number of nitrogens with two attached hydrogens (primary N) is 1. The predicted molar refractivity (Wildman–Crippen MR) is 95.8 cm³/mol. The van der Waals surface area contributed by atoms with Gasteiger partial charge in [0.05, 0.1) is 23.4 Å². The Kier molecular flexibility index (Phi) is 4.39. The predicted octanol–water partition coefficient (Wildman–Crippen LogP) is 2.88. The van der Waals surface area contributed by atoms with E-state index in [1.54, 1.807) is 0 Å². The largest absolute Gasteiger partial charge is 0.399 e. The molecule has 1 aliphatic carbocycles. The van der Waals surface area contributed by atoms with Crippen LogP contribution in [0, 0.1) is 45.3 Å². The van der Waals surface area contributed by atoms with Crippen LogP contribution < -0.4 is 5.73 Å². The third-order valence-corrected chi connectivity index (χ3v) is 6.03. The summed E-state index contributed by atoms with van der Waals surface area (Å²) in [5, 5.41) is 33.4. The summed E-state index contributed by atoms with van der Waals surface area (Å²) < 4.78 is 0. The summed E-state index contributed by atoms with van der Waals surface area (Å²) in [5.41, 5.74) is 6.95. The number of allylic oxidation sites excluding steroid dienone is 2. The Labute approximate surface area is 151 Å². The molecule has 0 amide bonds. The average Bonchev–Trinajstić information content (AvgIpc) is 3.14. The monoisotopic (exact) mass is 349 g/mol. The van der Waals surface area contributed by atoms with Gasteiger partial charge in [-0.15, -0.1) is 0 Å². The molecule has 2 aliphatic rings. The molecule has 5 nitrogen and oxygen atoms in total. The van der Waals surface area contributed by atoms with E-state index in [1.807, 2.05) is 22.9 Å². The van der Waals surface area contributed by atoms with Crippen molar-refractivity contribution in [3.63, 3.8) is 0 Å². The van der Waals surface area contributed by atoms with Crippen molar-refractivity contribution in [1.82, 2.24) is 4.90 Å². The maximum Gasteiger partial charge on any atom is 0.191 e. The lowest BCUT2D eigenvalue weighted by Crippen LogP contribution is -2.49. The third-order valence-electron chi connectivity index (χ3n) is 5.33. The number of nitriles is 3. The summed E-state index contributed by atoms with van der Waals surface area (Å²) in [4.78, 5) is 2.30. The molecule has 2 atom stereocenters. The molecule has 126 valence electrons. The van der Waals surface area contributed by atoms with E-state index in [2.05, 4.69) is 37.0 Å². The van der Waals surface area contributed by atoms with Gasteiger partial charge in [-0.05, 0) is 41.8 Å². The lowest BCUT2D eigenvalue weighted by atomic mass is 9.58. The highest BCUT2D eigenvalue weighted by Crippen LogP contribution is 2.54. The van der Waals surface area contributed by atoms with Crippen molar-refractivity contribution < 1.29 is 0 Å². The van der Waals surface area contributed by atoms with Gasteiger partial charge in [0.15, 0.2) is 5.41 Å². The molecule has 0 aromatic carbocycles. The van der Waals surface area contributed by atoms with Crippen molar-refractivity contribution >= 4 is 11.3 Å². The van der Waals surface area contributed by atoms with Crippen molar-refractivity contribution in [3.8, 4) is 18.2 Å². The number of hydrogen-bond donors (Lipinski definition) is 1. The molecular formula is C19H19N5S. The van der Waals surface area contributed by atoms with Crippen LogP contribution in [0.1, 0.15) is 25.3 Å². The Morgan fingerprint density at radius 1 is 1.32 bits per heavy atom. The minimum absolute atomic E-state index is 0.0942. The Hall–Kier alpha value is -2.59. The van der Waals surface area contributed by atoms with Crippen LogP contribution in [0.15, 0.2) is 39.7 Å². The van der Waals surface area contributed by atoms with Crippen LogP contribution in [0.2, 0.25) is 0 Å². The first-order chi connectivity index (χ1) is 12.0. The summed E-state index contributed by atoms with van der Waals surface area (Å²) in [5.74, 6) is -0.481. The highest BCUT2D eigenvalue weighted by Gasteiger charge is 2.54. The number of rotatable bonds is 2. The van der Waals surface area contributed by atoms with E-state index >= 15 is 0 Å². The SMILES string of the molecule is CC(C)N1CC=C2C(C#N)=C(N)C(C#N)(C#N)C(c3ccsc3)C2C1. The number of thiophene rings is 1. The Morgan fingerprint density at radius 3 is 2.56 bits per heavy atom. The molecule has 0 spiro atoms. The second kappa shape index (κ2) is 6.37. The maximum atomic E-state index is 9.93. The fourth-order valence-electron chi connectivity index (χ4n) is 3.95. The van der Waals surface area contributed by atoms with Crippen molar-refractivity contribution in [3.05, 3.63) is 45.3 Å². The molecule has 3 rings (SSSR count). The Bertz CT molecular complexity index is 843. The highest BCUT2D eigenvalue weighted by atomic mass is 32.1. The molecule has 2 unspecified atom stereocenters. The molecule has 0 saturated carbocycles. The summed E-state index contributed by atoms with van der Waals surface area (Å²) >= 11 is 1.54. The smallest absolute Gasteiger partial charge is 0.191 e. The first-order valence-electron chi connectivity index (χ1n) is 8.19. The molecule has 2 heterocycles. The molecule has 0 radical (unpaired) electrons. The van der Waals surface area contributed by atoms with Crippen molar-refractivity contribution in [2.45, 2.75) is 25.8 Å². The van der Waals surface area contributed by atoms with E-state index in [-0.39, 0.29) is 17.5 Å². The number of nitrogens with zero attached hydrogens (tertiary/aromatic N) is 4. The molecule has 1 aromatic heterocycles. The van der Waals surface area contributed by atoms with Gasteiger partial charge >= 0.3 is 0 Å². The van der Waals surface area contributed by atoms with Gasteiger partial charge in [-0.25, -0.2) is 0 Å².